The van der Waals surface area contributed by atoms with Crippen LogP contribution in [0, 0.1) is 6.92 Å². The fourth-order valence-corrected chi connectivity index (χ4v) is 3.11. The topological polar surface area (TPSA) is 58.6 Å². The van der Waals surface area contributed by atoms with Gasteiger partial charge in [-0.25, -0.2) is 0 Å². The van der Waals surface area contributed by atoms with Crippen molar-refractivity contribution in [3.63, 3.8) is 0 Å². The molecule has 1 atom stereocenters. The summed E-state index contributed by atoms with van der Waals surface area (Å²) in [6.07, 6.45) is 0.229. The number of carbonyl (C=O) groups excluding carboxylic acids is 1. The lowest BCUT2D eigenvalue weighted by Gasteiger charge is -2.19. The molecule has 3 aromatic rings. The molecule has 0 aliphatic rings. The van der Waals surface area contributed by atoms with Crippen molar-refractivity contribution in [2.75, 3.05) is 12.4 Å². The van der Waals surface area contributed by atoms with Crippen LogP contribution in [0.1, 0.15) is 29.0 Å². The van der Waals surface area contributed by atoms with Crippen LogP contribution in [0.25, 0.3) is 0 Å². The highest BCUT2D eigenvalue weighted by Gasteiger charge is 2.21. The number of aryl methyl sites for hydroxylation is 1. The molecular formula is C23H23NO3. The van der Waals surface area contributed by atoms with Gasteiger partial charge in [0.2, 0.25) is 5.91 Å². The molecule has 0 unspecified atom stereocenters. The summed E-state index contributed by atoms with van der Waals surface area (Å²) in [5, 5.41) is 13.4. The summed E-state index contributed by atoms with van der Waals surface area (Å²) in [5.74, 6) is 0.597. The SMILES string of the molecule is COc1ccc(NC(=O)C[C@H](c2ccccc2)c2ccc(C)cc2O)cc1. The molecule has 2 N–H and O–H groups in total. The molecule has 1 amide bonds. The van der Waals surface area contributed by atoms with Crippen LogP contribution in [0.15, 0.2) is 72.8 Å². The Hall–Kier alpha value is -3.27. The highest BCUT2D eigenvalue weighted by Crippen LogP contribution is 2.34. The number of methoxy groups -OCH3 is 1. The third kappa shape index (κ3) is 4.67. The van der Waals surface area contributed by atoms with Gasteiger partial charge in [0, 0.05) is 23.6 Å². The van der Waals surface area contributed by atoms with Gasteiger partial charge in [0.25, 0.3) is 0 Å². The van der Waals surface area contributed by atoms with E-state index in [0.29, 0.717) is 5.69 Å². The van der Waals surface area contributed by atoms with E-state index in [9.17, 15) is 9.90 Å². The monoisotopic (exact) mass is 361 g/mol. The molecule has 3 rings (SSSR count). The van der Waals surface area contributed by atoms with Gasteiger partial charge >= 0.3 is 0 Å². The van der Waals surface area contributed by atoms with E-state index in [-0.39, 0.29) is 24.0 Å². The van der Waals surface area contributed by atoms with E-state index in [2.05, 4.69) is 5.32 Å². The van der Waals surface area contributed by atoms with E-state index in [0.717, 1.165) is 22.4 Å². The number of phenols is 1. The van der Waals surface area contributed by atoms with Gasteiger partial charge in [-0.1, -0.05) is 42.5 Å². The molecule has 0 saturated carbocycles. The van der Waals surface area contributed by atoms with Gasteiger partial charge in [0.05, 0.1) is 7.11 Å². The van der Waals surface area contributed by atoms with Gasteiger partial charge in [0.15, 0.2) is 0 Å². The zero-order valence-electron chi connectivity index (χ0n) is 15.5. The van der Waals surface area contributed by atoms with Gasteiger partial charge in [-0.15, -0.1) is 0 Å². The van der Waals surface area contributed by atoms with Crippen molar-refractivity contribution in [1.82, 2.24) is 0 Å². The normalized spacial score (nSPS) is 11.6. The first kappa shape index (κ1) is 18.5. The largest absolute Gasteiger partial charge is 0.508 e. The number of nitrogens with one attached hydrogen (secondary N) is 1. The summed E-state index contributed by atoms with van der Waals surface area (Å²) in [6.45, 7) is 1.93. The van der Waals surface area contributed by atoms with Crippen LogP contribution in [0.4, 0.5) is 5.69 Å². The summed E-state index contributed by atoms with van der Waals surface area (Å²) in [6, 6.07) is 22.6. The second-order valence-corrected chi connectivity index (χ2v) is 6.51. The molecule has 0 fully saturated rings. The Morgan fingerprint density at radius 1 is 1.04 bits per heavy atom. The lowest BCUT2D eigenvalue weighted by Crippen LogP contribution is -2.16. The number of hydrogen-bond donors (Lipinski definition) is 2. The molecule has 0 spiro atoms. The maximum Gasteiger partial charge on any atom is 0.225 e. The zero-order chi connectivity index (χ0) is 19.2. The molecule has 0 aromatic heterocycles. The molecule has 4 nitrogen and oxygen atoms in total. The lowest BCUT2D eigenvalue weighted by molar-refractivity contribution is -0.116. The maximum absolute atomic E-state index is 12.7. The minimum atomic E-state index is -0.231. The summed E-state index contributed by atoms with van der Waals surface area (Å²) in [5.41, 5.74) is 3.42. The average molecular weight is 361 g/mol. The van der Waals surface area contributed by atoms with Gasteiger partial charge in [0.1, 0.15) is 11.5 Å². The second kappa shape index (κ2) is 8.41. The predicted octanol–water partition coefficient (Wildman–Crippen LogP) is 4.87. The van der Waals surface area contributed by atoms with Crippen LogP contribution in [-0.4, -0.2) is 18.1 Å². The summed E-state index contributed by atoms with van der Waals surface area (Å²) < 4.78 is 5.14. The van der Waals surface area contributed by atoms with Crippen LogP contribution in [-0.2, 0) is 4.79 Å². The Morgan fingerprint density at radius 2 is 1.74 bits per heavy atom. The number of rotatable bonds is 6. The lowest BCUT2D eigenvalue weighted by atomic mass is 9.87. The minimum Gasteiger partial charge on any atom is -0.508 e. The molecule has 0 saturated heterocycles. The minimum absolute atomic E-state index is 0.117. The van der Waals surface area contributed by atoms with Gasteiger partial charge in [-0.3, -0.25) is 4.79 Å². The zero-order valence-corrected chi connectivity index (χ0v) is 15.5. The number of amides is 1. The highest BCUT2D eigenvalue weighted by atomic mass is 16.5. The van der Waals surface area contributed by atoms with Crippen molar-refractivity contribution in [1.29, 1.82) is 0 Å². The first-order chi connectivity index (χ1) is 13.1. The van der Waals surface area contributed by atoms with E-state index in [1.54, 1.807) is 37.4 Å². The van der Waals surface area contributed by atoms with Crippen molar-refractivity contribution in [2.45, 2.75) is 19.3 Å². The fraction of sp³-hybridized carbons (Fsp3) is 0.174. The van der Waals surface area contributed by atoms with Crippen LogP contribution in [0.2, 0.25) is 0 Å². The van der Waals surface area contributed by atoms with E-state index in [1.807, 2.05) is 49.4 Å². The van der Waals surface area contributed by atoms with Crippen LogP contribution >= 0.6 is 0 Å². The fourth-order valence-electron chi connectivity index (χ4n) is 3.11. The Balaban J connectivity index is 1.83. The maximum atomic E-state index is 12.7. The number of hydrogen-bond acceptors (Lipinski definition) is 3. The first-order valence-corrected chi connectivity index (χ1v) is 8.85. The van der Waals surface area contributed by atoms with Crippen LogP contribution in [0.3, 0.4) is 0 Å². The summed E-state index contributed by atoms with van der Waals surface area (Å²) >= 11 is 0. The summed E-state index contributed by atoms with van der Waals surface area (Å²) in [7, 11) is 1.60. The second-order valence-electron chi connectivity index (χ2n) is 6.51. The van der Waals surface area contributed by atoms with Crippen molar-refractivity contribution < 1.29 is 14.6 Å². The Labute approximate surface area is 159 Å². The van der Waals surface area contributed by atoms with E-state index in [1.165, 1.54) is 0 Å². The molecular weight excluding hydrogens is 338 g/mol. The standard InChI is InChI=1S/C23H23NO3/c1-16-8-13-20(22(25)14-16)21(17-6-4-3-5-7-17)15-23(26)24-18-9-11-19(27-2)12-10-18/h3-14,21,25H,15H2,1-2H3,(H,24,26)/t21-/m1/s1. The molecule has 4 heteroatoms. The van der Waals surface area contributed by atoms with Crippen molar-refractivity contribution in [3.8, 4) is 11.5 Å². The average Bonchev–Trinajstić information content (AvgIpc) is 2.68. The van der Waals surface area contributed by atoms with Crippen molar-refractivity contribution >= 4 is 11.6 Å². The number of anilines is 1. The Bertz CT molecular complexity index is 905. The molecule has 0 aliphatic heterocycles. The van der Waals surface area contributed by atoms with E-state index in [4.69, 9.17) is 4.74 Å². The van der Waals surface area contributed by atoms with Crippen molar-refractivity contribution in [2.24, 2.45) is 0 Å². The van der Waals surface area contributed by atoms with E-state index < -0.39 is 0 Å². The molecule has 27 heavy (non-hydrogen) atoms. The highest BCUT2D eigenvalue weighted by molar-refractivity contribution is 5.91. The van der Waals surface area contributed by atoms with Gasteiger partial charge < -0.3 is 15.2 Å². The molecule has 0 radical (unpaired) electrons. The molecule has 0 aliphatic carbocycles. The third-order valence-corrected chi connectivity index (χ3v) is 4.53. The predicted molar refractivity (Wildman–Crippen MR) is 107 cm³/mol. The quantitative estimate of drug-likeness (QED) is 0.658. The third-order valence-electron chi connectivity index (χ3n) is 4.53. The molecule has 3 aromatic carbocycles. The smallest absolute Gasteiger partial charge is 0.225 e. The van der Waals surface area contributed by atoms with Gasteiger partial charge in [-0.2, -0.15) is 0 Å². The van der Waals surface area contributed by atoms with E-state index >= 15 is 0 Å². The number of benzene rings is 3. The number of ether oxygens (including phenoxy) is 1. The van der Waals surface area contributed by atoms with Crippen LogP contribution in [0.5, 0.6) is 11.5 Å². The first-order valence-electron chi connectivity index (χ1n) is 8.85. The van der Waals surface area contributed by atoms with Crippen molar-refractivity contribution in [3.05, 3.63) is 89.5 Å². The van der Waals surface area contributed by atoms with Crippen LogP contribution < -0.4 is 10.1 Å². The number of carbonyl (C=O) groups is 1. The number of phenolic OH excluding ortho intramolecular Hbond substituents is 1. The molecule has 0 heterocycles. The Kier molecular flexibility index (Phi) is 5.77. The Morgan fingerprint density at radius 3 is 2.37 bits per heavy atom. The summed E-state index contributed by atoms with van der Waals surface area (Å²) in [4.78, 5) is 12.7. The van der Waals surface area contributed by atoms with Gasteiger partial charge in [-0.05, 0) is 48.4 Å². The molecule has 0 bridgehead atoms. The molecule has 138 valence electrons. The number of aromatic hydroxyl groups is 1.